The maximum atomic E-state index is 12.6. The first-order valence-electron chi connectivity index (χ1n) is 10.6. The molecule has 0 saturated carbocycles. The standard InChI is InChI=1S/C20H30N3O9P/c1-6-20(5,32-33(29,30)11(4)24)7-13-15(26)16(27)18(31-13)23-8-12-14(25)9(2)10(3)21-17(12)22-19(23)28/h8,11,13,15-16,18,24,26-27H,6-7H2,1-5H3,(H,29,30)(H,21,22,28)/t11?,13-,15?,16+,18-,20?/m1/s1. The van der Waals surface area contributed by atoms with E-state index in [4.69, 9.17) is 9.26 Å². The smallest absolute Gasteiger partial charge is 0.356 e. The molecular formula is C20H30N3O9P. The minimum atomic E-state index is -4.36. The van der Waals surface area contributed by atoms with Crippen molar-refractivity contribution in [3.63, 3.8) is 0 Å². The van der Waals surface area contributed by atoms with Gasteiger partial charge >= 0.3 is 13.3 Å². The normalized spacial score (nSPS) is 27.9. The number of H-pyrrole nitrogens is 1. The number of fused-ring (bicyclic) bond motifs is 1. The molecule has 33 heavy (non-hydrogen) atoms. The molecule has 3 rings (SSSR count). The maximum Gasteiger partial charge on any atom is 0.356 e. The summed E-state index contributed by atoms with van der Waals surface area (Å²) in [4.78, 5) is 42.0. The molecule has 4 unspecified atom stereocenters. The van der Waals surface area contributed by atoms with E-state index in [1.165, 1.54) is 13.1 Å². The summed E-state index contributed by atoms with van der Waals surface area (Å²) in [5, 5.41) is 30.8. The highest BCUT2D eigenvalue weighted by Crippen LogP contribution is 2.52. The summed E-state index contributed by atoms with van der Waals surface area (Å²) in [5.41, 5.74) is -1.32. The molecule has 1 aliphatic heterocycles. The van der Waals surface area contributed by atoms with Gasteiger partial charge in [0.1, 0.15) is 17.9 Å². The number of rotatable bonds is 7. The van der Waals surface area contributed by atoms with E-state index in [1.807, 2.05) is 0 Å². The van der Waals surface area contributed by atoms with E-state index < -0.39 is 49.3 Å². The molecule has 1 saturated heterocycles. The Balaban J connectivity index is 1.94. The molecule has 0 aromatic carbocycles. The van der Waals surface area contributed by atoms with Crippen molar-refractivity contribution in [2.75, 3.05) is 0 Å². The third-order valence-electron chi connectivity index (χ3n) is 6.22. The van der Waals surface area contributed by atoms with Crippen LogP contribution in [0.3, 0.4) is 0 Å². The topological polar surface area (TPSA) is 184 Å². The highest BCUT2D eigenvalue weighted by Gasteiger charge is 2.48. The Kier molecular flexibility index (Phi) is 7.03. The quantitative estimate of drug-likeness (QED) is 0.343. The number of aliphatic hydroxyl groups is 3. The van der Waals surface area contributed by atoms with Crippen LogP contribution in [0.5, 0.6) is 0 Å². The number of pyridine rings is 1. The Hall–Kier alpha value is -1.92. The van der Waals surface area contributed by atoms with E-state index in [0.717, 1.165) is 11.5 Å². The fourth-order valence-electron chi connectivity index (χ4n) is 3.75. The molecule has 7 atom stereocenters. The molecule has 1 fully saturated rings. The average Bonchev–Trinajstić information content (AvgIpc) is 2.99. The summed E-state index contributed by atoms with van der Waals surface area (Å²) in [5.74, 6) is -1.62. The van der Waals surface area contributed by atoms with Gasteiger partial charge in [0.25, 0.3) is 0 Å². The fraction of sp³-hybridized carbons (Fsp3) is 0.650. The van der Waals surface area contributed by atoms with Gasteiger partial charge in [0.2, 0.25) is 0 Å². The first-order chi connectivity index (χ1) is 15.2. The van der Waals surface area contributed by atoms with E-state index in [0.29, 0.717) is 11.3 Å². The number of ether oxygens (including phenoxy) is 1. The number of aryl methyl sites for hydroxylation is 1. The zero-order valence-electron chi connectivity index (χ0n) is 19.1. The van der Waals surface area contributed by atoms with E-state index in [2.05, 4.69) is 9.97 Å². The minimum Gasteiger partial charge on any atom is -0.388 e. The molecular weight excluding hydrogens is 457 g/mol. The van der Waals surface area contributed by atoms with Crippen molar-refractivity contribution in [1.29, 1.82) is 0 Å². The van der Waals surface area contributed by atoms with Crippen molar-refractivity contribution in [1.82, 2.24) is 14.5 Å². The molecule has 0 bridgehead atoms. The Morgan fingerprint density at radius 2 is 1.97 bits per heavy atom. The summed E-state index contributed by atoms with van der Waals surface area (Å²) in [6.45, 7) is 7.64. The number of aliphatic hydroxyl groups excluding tert-OH is 3. The van der Waals surface area contributed by atoms with Gasteiger partial charge in [0.15, 0.2) is 17.5 Å². The van der Waals surface area contributed by atoms with Gasteiger partial charge in [-0.25, -0.2) is 4.79 Å². The van der Waals surface area contributed by atoms with E-state index >= 15 is 0 Å². The van der Waals surface area contributed by atoms with E-state index in [-0.39, 0.29) is 29.3 Å². The van der Waals surface area contributed by atoms with Crippen LogP contribution in [0.2, 0.25) is 0 Å². The Bertz CT molecular complexity index is 1210. The second-order valence-electron chi connectivity index (χ2n) is 8.74. The fourth-order valence-corrected chi connectivity index (χ4v) is 4.74. The number of nitrogens with zero attached hydrogens (tertiary/aromatic N) is 2. The highest BCUT2D eigenvalue weighted by molar-refractivity contribution is 7.53. The molecule has 0 aliphatic carbocycles. The van der Waals surface area contributed by atoms with Crippen LogP contribution in [0.15, 0.2) is 15.8 Å². The van der Waals surface area contributed by atoms with Crippen molar-refractivity contribution in [3.05, 3.63) is 38.2 Å². The van der Waals surface area contributed by atoms with E-state index in [9.17, 15) is 34.4 Å². The van der Waals surface area contributed by atoms with Gasteiger partial charge in [0.05, 0.1) is 17.1 Å². The molecule has 0 amide bonds. The van der Waals surface area contributed by atoms with Crippen molar-refractivity contribution in [2.45, 2.75) is 83.4 Å². The summed E-state index contributed by atoms with van der Waals surface area (Å²) >= 11 is 0. The largest absolute Gasteiger partial charge is 0.388 e. The predicted octanol–water partition coefficient (Wildman–Crippen LogP) is 0.420. The van der Waals surface area contributed by atoms with Gasteiger partial charge < -0.3 is 34.5 Å². The monoisotopic (exact) mass is 487 g/mol. The van der Waals surface area contributed by atoms with Gasteiger partial charge in [-0.3, -0.25) is 13.9 Å². The van der Waals surface area contributed by atoms with Gasteiger partial charge in [0, 0.05) is 23.9 Å². The Morgan fingerprint density at radius 3 is 2.55 bits per heavy atom. The second-order valence-corrected chi connectivity index (χ2v) is 10.8. The Labute approximate surface area is 189 Å². The van der Waals surface area contributed by atoms with Gasteiger partial charge in [-0.2, -0.15) is 4.98 Å². The van der Waals surface area contributed by atoms with Crippen LogP contribution in [0.4, 0.5) is 0 Å². The lowest BCUT2D eigenvalue weighted by molar-refractivity contribution is -0.0691. The lowest BCUT2D eigenvalue weighted by Crippen LogP contribution is -2.39. The number of aromatic amines is 1. The SMILES string of the molecule is CCC(C)(C[C@H]1O[C@@H](n2cc3c(=O)c(C)c(C)[nH]c3nc2=O)[C@@H](O)C1O)OP(=O)(O)C(C)O. The van der Waals surface area contributed by atoms with Crippen LogP contribution in [-0.2, 0) is 13.8 Å². The van der Waals surface area contributed by atoms with Crippen LogP contribution in [0.25, 0.3) is 11.0 Å². The first-order valence-corrected chi connectivity index (χ1v) is 12.2. The van der Waals surface area contributed by atoms with Crippen LogP contribution < -0.4 is 11.1 Å². The third-order valence-corrected chi connectivity index (χ3v) is 7.87. The number of hydrogen-bond acceptors (Lipinski definition) is 9. The molecule has 184 valence electrons. The molecule has 5 N–H and O–H groups in total. The lowest BCUT2D eigenvalue weighted by atomic mass is 9.93. The van der Waals surface area contributed by atoms with Crippen molar-refractivity contribution >= 4 is 18.6 Å². The van der Waals surface area contributed by atoms with Crippen LogP contribution >= 0.6 is 7.60 Å². The number of nitrogens with one attached hydrogen (secondary N) is 1. The van der Waals surface area contributed by atoms with Gasteiger partial charge in [-0.05, 0) is 34.1 Å². The number of aromatic nitrogens is 3. The van der Waals surface area contributed by atoms with Crippen LogP contribution in [-0.4, -0.2) is 64.5 Å². The number of hydrogen-bond donors (Lipinski definition) is 5. The Morgan fingerprint density at radius 1 is 1.33 bits per heavy atom. The van der Waals surface area contributed by atoms with Crippen LogP contribution in [0, 0.1) is 13.8 Å². The first kappa shape index (κ1) is 25.7. The van der Waals surface area contributed by atoms with Crippen molar-refractivity contribution < 1.29 is 34.0 Å². The zero-order chi connectivity index (χ0) is 24.9. The van der Waals surface area contributed by atoms with Crippen molar-refractivity contribution in [2.24, 2.45) is 0 Å². The molecule has 2 aromatic rings. The van der Waals surface area contributed by atoms with Crippen molar-refractivity contribution in [3.8, 4) is 0 Å². The summed E-state index contributed by atoms with van der Waals surface area (Å²) in [6.07, 6.45) is -4.11. The van der Waals surface area contributed by atoms with Gasteiger partial charge in [-0.1, -0.05) is 6.92 Å². The maximum absolute atomic E-state index is 12.6. The molecule has 3 heterocycles. The van der Waals surface area contributed by atoms with Gasteiger partial charge in [-0.15, -0.1) is 0 Å². The molecule has 0 radical (unpaired) electrons. The average molecular weight is 487 g/mol. The molecule has 2 aromatic heterocycles. The predicted molar refractivity (Wildman–Crippen MR) is 118 cm³/mol. The zero-order valence-corrected chi connectivity index (χ0v) is 19.9. The summed E-state index contributed by atoms with van der Waals surface area (Å²) < 4.78 is 24.2. The lowest BCUT2D eigenvalue weighted by Gasteiger charge is -2.34. The summed E-state index contributed by atoms with van der Waals surface area (Å²) in [6, 6.07) is 0. The summed E-state index contributed by atoms with van der Waals surface area (Å²) in [7, 11) is -4.36. The minimum absolute atomic E-state index is 0.0951. The van der Waals surface area contributed by atoms with Crippen LogP contribution in [0.1, 0.15) is 51.1 Å². The molecule has 0 spiro atoms. The second kappa shape index (κ2) is 9.03. The molecule has 13 heteroatoms. The molecule has 1 aliphatic rings. The third kappa shape index (κ3) is 4.83. The highest BCUT2D eigenvalue weighted by atomic mass is 31.2. The molecule has 12 nitrogen and oxygen atoms in total. The van der Waals surface area contributed by atoms with E-state index in [1.54, 1.807) is 20.8 Å².